The molecule has 0 spiro atoms. The van der Waals surface area contributed by atoms with Crippen molar-refractivity contribution in [2.45, 2.75) is 90.9 Å². The van der Waals surface area contributed by atoms with E-state index >= 15 is 0 Å². The first-order chi connectivity index (χ1) is 32.0. The summed E-state index contributed by atoms with van der Waals surface area (Å²) in [6.45, 7) is 24.8. The minimum atomic E-state index is -0.228. The molecule has 346 valence electrons. The smallest absolute Gasteiger partial charge is 0.135 e. The summed E-state index contributed by atoms with van der Waals surface area (Å²) in [4.78, 5) is 9.53. The van der Waals surface area contributed by atoms with Crippen LogP contribution in [0, 0.1) is 18.8 Å². The molecule has 68 heavy (non-hydrogen) atoms. The van der Waals surface area contributed by atoms with Gasteiger partial charge < -0.3 is 19.1 Å². The van der Waals surface area contributed by atoms with E-state index in [9.17, 15) is 0 Å². The van der Waals surface area contributed by atoms with Crippen LogP contribution >= 0.6 is 0 Å². The van der Waals surface area contributed by atoms with Crippen molar-refractivity contribution in [3.63, 3.8) is 0 Å². The number of fused-ring (bicyclic) bond motifs is 4. The maximum absolute atomic E-state index is 6.92. The van der Waals surface area contributed by atoms with Crippen LogP contribution in [0.25, 0.3) is 27.6 Å². The van der Waals surface area contributed by atoms with Gasteiger partial charge in [0.1, 0.15) is 5.82 Å². The molecule has 3 heterocycles. The van der Waals surface area contributed by atoms with E-state index in [1.54, 1.807) is 0 Å². The van der Waals surface area contributed by atoms with Crippen molar-refractivity contribution in [2.24, 2.45) is 0 Å². The predicted molar refractivity (Wildman–Crippen MR) is 279 cm³/mol. The summed E-state index contributed by atoms with van der Waals surface area (Å²) in [6.07, 6.45) is 1.93. The van der Waals surface area contributed by atoms with Gasteiger partial charge in [0.05, 0.1) is 0 Å². The number of hydrogen-bond donors (Lipinski definition) is 0. The maximum atomic E-state index is 6.92. The van der Waals surface area contributed by atoms with Gasteiger partial charge in [0.15, 0.2) is 0 Å². The fourth-order valence-electron chi connectivity index (χ4n) is 9.48. The minimum Gasteiger partial charge on any atom is -0.509 e. The van der Waals surface area contributed by atoms with E-state index < -0.39 is 0 Å². The summed E-state index contributed by atoms with van der Waals surface area (Å²) in [5.41, 5.74) is 12.9. The van der Waals surface area contributed by atoms with Crippen molar-refractivity contribution in [1.29, 1.82) is 0 Å². The van der Waals surface area contributed by atoms with Gasteiger partial charge in [-0.1, -0.05) is 172 Å². The molecule has 0 unspecified atom stereocenters. The largest absolute Gasteiger partial charge is 0.509 e. The molecule has 7 aromatic carbocycles. The Morgan fingerprint density at radius 1 is 0.471 bits per heavy atom. The minimum absolute atomic E-state index is 0. The van der Waals surface area contributed by atoms with Crippen molar-refractivity contribution >= 4 is 44.6 Å². The zero-order valence-corrected chi connectivity index (χ0v) is 43.0. The van der Waals surface area contributed by atoms with E-state index in [0.29, 0.717) is 11.5 Å². The molecule has 0 saturated heterocycles. The number of anilines is 4. The van der Waals surface area contributed by atoms with E-state index in [1.165, 1.54) is 27.8 Å². The van der Waals surface area contributed by atoms with Gasteiger partial charge in [0, 0.05) is 72.2 Å². The second kappa shape index (κ2) is 17.6. The van der Waals surface area contributed by atoms with Crippen LogP contribution in [0.4, 0.5) is 22.7 Å². The molecule has 2 aromatic heterocycles. The third kappa shape index (κ3) is 8.56. The van der Waals surface area contributed by atoms with Gasteiger partial charge in [-0.2, -0.15) is 6.07 Å². The van der Waals surface area contributed by atoms with Gasteiger partial charge in [-0.25, -0.2) is 4.98 Å². The van der Waals surface area contributed by atoms with Crippen molar-refractivity contribution in [3.8, 4) is 17.3 Å². The number of para-hydroxylation sites is 2. The third-order valence-corrected chi connectivity index (χ3v) is 13.9. The predicted octanol–water partition coefficient (Wildman–Crippen LogP) is 16.2. The zero-order chi connectivity index (χ0) is 46.9. The van der Waals surface area contributed by atoms with Gasteiger partial charge in [-0.15, -0.1) is 53.6 Å². The first kappa shape index (κ1) is 46.7. The van der Waals surface area contributed by atoms with Crippen molar-refractivity contribution in [3.05, 3.63) is 222 Å². The molecule has 0 atom stereocenters. The SMILES string of the molecule is CC(C)(C)c1cc(Oc2[c-]c3c(cc2)c2ccc(C(C)(C)c4ccccc4)cc2n3-c2cc(C(C)(C)C)ccn2)[c-]c(N2[CH-]N(c3cccc(C(C)(C)c4ccccc4)c3)c3ccccc32)c1.[Pt]. The van der Waals surface area contributed by atoms with Gasteiger partial charge in [-0.05, 0) is 86.5 Å². The van der Waals surface area contributed by atoms with Crippen LogP contribution in [0.2, 0.25) is 0 Å². The Morgan fingerprint density at radius 2 is 1.06 bits per heavy atom. The quantitative estimate of drug-likeness (QED) is 0.135. The molecular weight excluding hydrogens is 1010 g/mol. The molecule has 9 aromatic rings. The molecule has 10 rings (SSSR count). The molecule has 0 radical (unpaired) electrons. The van der Waals surface area contributed by atoms with Gasteiger partial charge >= 0.3 is 0 Å². The average Bonchev–Trinajstić information content (AvgIpc) is 3.87. The van der Waals surface area contributed by atoms with Crippen molar-refractivity contribution in [2.75, 3.05) is 9.80 Å². The Bertz CT molecular complexity index is 3280. The Kier molecular flexibility index (Phi) is 12.1. The van der Waals surface area contributed by atoms with Crippen LogP contribution in [0.1, 0.15) is 103 Å². The molecule has 1 aliphatic rings. The van der Waals surface area contributed by atoms with Crippen LogP contribution in [-0.2, 0) is 42.7 Å². The normalized spacial score (nSPS) is 13.2. The summed E-state index contributed by atoms with van der Waals surface area (Å²) in [5.74, 6) is 2.07. The van der Waals surface area contributed by atoms with Crippen LogP contribution in [0.3, 0.4) is 0 Å². The molecule has 0 bridgehead atoms. The third-order valence-electron chi connectivity index (χ3n) is 13.9. The van der Waals surface area contributed by atoms with E-state index in [0.717, 1.165) is 55.9 Å². The van der Waals surface area contributed by atoms with E-state index in [2.05, 4.69) is 260 Å². The molecule has 0 amide bonds. The number of benzene rings is 7. The first-order valence-electron chi connectivity index (χ1n) is 23.4. The van der Waals surface area contributed by atoms with Crippen LogP contribution in [0.5, 0.6) is 11.5 Å². The summed E-state index contributed by atoms with van der Waals surface area (Å²) < 4.78 is 9.18. The standard InChI is InChI=1S/C62H59N4O.Pt/c1-59(2,3)44-32-33-63-58(38-44)66-56-37-46(62(9,10)43-22-15-12-16-23-43)28-30-52(56)53-31-29-50(40-57(53)66)67-51-36-47(60(4,5)6)35-49(39-51)65-41-64(54-26-17-18-27-55(54)65)48-25-19-24-45(34-48)61(7,8)42-20-13-11-14-21-42;/h11-38,41H,1-10H3;/q-3;. The summed E-state index contributed by atoms with van der Waals surface area (Å²) in [6, 6.07) is 66.2. The molecule has 5 nitrogen and oxygen atoms in total. The monoisotopic (exact) mass is 1070 g/mol. The van der Waals surface area contributed by atoms with Gasteiger partial charge in [-0.3, -0.25) is 0 Å². The second-order valence-corrected chi connectivity index (χ2v) is 21.2. The summed E-state index contributed by atoms with van der Waals surface area (Å²) >= 11 is 0. The number of ether oxygens (including phenoxy) is 1. The number of aromatic nitrogens is 2. The zero-order valence-electron chi connectivity index (χ0n) is 40.8. The van der Waals surface area contributed by atoms with Crippen molar-refractivity contribution < 1.29 is 25.8 Å². The number of nitrogens with zero attached hydrogens (tertiary/aromatic N) is 4. The Balaban J connectivity index is 0.00000578. The molecule has 0 fully saturated rings. The second-order valence-electron chi connectivity index (χ2n) is 21.2. The number of hydrogen-bond acceptors (Lipinski definition) is 4. The topological polar surface area (TPSA) is 33.5 Å². The fraction of sp³-hybridized carbons (Fsp3) is 0.226. The molecule has 6 heteroatoms. The van der Waals surface area contributed by atoms with Crippen LogP contribution in [0.15, 0.2) is 170 Å². The Morgan fingerprint density at radius 3 is 1.71 bits per heavy atom. The number of pyridine rings is 1. The Hall–Kier alpha value is -6.42. The average molecular weight is 1070 g/mol. The molecule has 1 aliphatic heterocycles. The summed E-state index contributed by atoms with van der Waals surface area (Å²) in [5, 5.41) is 2.22. The van der Waals surface area contributed by atoms with Gasteiger partial charge in [0.2, 0.25) is 0 Å². The Labute approximate surface area is 417 Å². The molecular formula is C62H59N4OPt-3. The summed E-state index contributed by atoms with van der Waals surface area (Å²) in [7, 11) is 0. The van der Waals surface area contributed by atoms with Gasteiger partial charge in [0.25, 0.3) is 0 Å². The molecule has 0 saturated carbocycles. The van der Waals surface area contributed by atoms with Crippen LogP contribution < -0.4 is 14.5 Å². The van der Waals surface area contributed by atoms with E-state index in [4.69, 9.17) is 9.72 Å². The van der Waals surface area contributed by atoms with E-state index in [-0.39, 0.29) is 42.7 Å². The molecule has 0 N–H and O–H groups in total. The number of rotatable bonds is 9. The maximum Gasteiger partial charge on any atom is 0.135 e. The van der Waals surface area contributed by atoms with E-state index in [1.807, 2.05) is 12.3 Å². The van der Waals surface area contributed by atoms with Crippen molar-refractivity contribution in [1.82, 2.24) is 9.55 Å². The first-order valence-corrected chi connectivity index (χ1v) is 23.4. The molecule has 0 aliphatic carbocycles. The fourth-order valence-corrected chi connectivity index (χ4v) is 9.48. The van der Waals surface area contributed by atoms with Crippen LogP contribution in [-0.4, -0.2) is 9.55 Å².